The van der Waals surface area contributed by atoms with Crippen molar-refractivity contribution in [2.45, 2.75) is 34.7 Å². The molecule has 2 aromatic heterocycles. The maximum Gasteiger partial charge on any atom is 0.452 e. The molecular formula is C19H14F4N2O5S2. The molecule has 0 saturated heterocycles. The number of benzene rings is 1. The van der Waals surface area contributed by atoms with Gasteiger partial charge in [-0.2, -0.15) is 17.9 Å². The molecule has 0 radical (unpaired) electrons. The number of aromatic nitrogens is 1. The first-order chi connectivity index (χ1) is 14.8. The Labute approximate surface area is 182 Å². The smallest absolute Gasteiger partial charge is 0.452 e. The van der Waals surface area contributed by atoms with Crippen molar-refractivity contribution in [1.82, 2.24) is 9.88 Å². The van der Waals surface area contributed by atoms with E-state index < -0.39 is 44.7 Å². The number of hydrogen-bond acceptors (Lipinski definition) is 6. The number of hydrogen-bond donors (Lipinski definition) is 2. The van der Waals surface area contributed by atoms with Crippen molar-refractivity contribution in [3.05, 3.63) is 59.6 Å². The van der Waals surface area contributed by atoms with E-state index in [1.807, 2.05) is 0 Å². The predicted octanol–water partition coefficient (Wildman–Crippen LogP) is 4.02. The Morgan fingerprint density at radius 2 is 1.97 bits per heavy atom. The average molecular weight is 490 g/mol. The Morgan fingerprint density at radius 3 is 2.56 bits per heavy atom. The molecule has 0 unspecified atom stereocenters. The Kier molecular flexibility index (Phi) is 4.99. The molecule has 0 aliphatic heterocycles. The van der Waals surface area contributed by atoms with Crippen molar-refractivity contribution in [3.63, 3.8) is 0 Å². The third-order valence-corrected chi connectivity index (χ3v) is 8.55. The van der Waals surface area contributed by atoms with Crippen LogP contribution in [-0.4, -0.2) is 30.2 Å². The Morgan fingerprint density at radius 1 is 1.25 bits per heavy atom. The van der Waals surface area contributed by atoms with Gasteiger partial charge in [0.1, 0.15) is 21.3 Å². The lowest BCUT2D eigenvalue weighted by Gasteiger charge is -2.20. The summed E-state index contributed by atoms with van der Waals surface area (Å²) in [6, 6.07) is 8.23. The van der Waals surface area contributed by atoms with Gasteiger partial charge in [0.05, 0.1) is 4.88 Å². The first-order valence-corrected chi connectivity index (χ1v) is 11.3. The molecule has 7 nitrogen and oxygen atoms in total. The Balaban J connectivity index is 1.63. The molecule has 0 bridgehead atoms. The summed E-state index contributed by atoms with van der Waals surface area (Å²) >= 11 is 0.602. The monoisotopic (exact) mass is 490 g/mol. The van der Waals surface area contributed by atoms with Gasteiger partial charge in [-0.1, -0.05) is 24.2 Å². The van der Waals surface area contributed by atoms with Crippen LogP contribution < -0.4 is 4.72 Å². The molecule has 2 heterocycles. The molecule has 0 amide bonds. The number of halogens is 4. The zero-order chi connectivity index (χ0) is 23.5. The number of carbonyl (C=O) groups is 1. The van der Waals surface area contributed by atoms with Crippen LogP contribution in [0.25, 0.3) is 10.6 Å². The topological polar surface area (TPSA) is 110 Å². The maximum atomic E-state index is 13.7. The number of nitrogens with zero attached hydrogens (tertiary/aromatic N) is 1. The van der Waals surface area contributed by atoms with Crippen LogP contribution >= 0.6 is 11.3 Å². The van der Waals surface area contributed by atoms with E-state index in [0.717, 1.165) is 12.1 Å². The quantitative estimate of drug-likeness (QED) is 0.505. The fourth-order valence-corrected chi connectivity index (χ4v) is 6.29. The summed E-state index contributed by atoms with van der Waals surface area (Å²) in [5.74, 6) is -3.36. The van der Waals surface area contributed by atoms with Gasteiger partial charge in [-0.25, -0.2) is 12.8 Å². The fourth-order valence-electron chi connectivity index (χ4n) is 3.58. The molecule has 1 saturated carbocycles. The molecular weight excluding hydrogens is 476 g/mol. The van der Waals surface area contributed by atoms with Gasteiger partial charge in [-0.3, -0.25) is 4.79 Å². The number of sulfonamides is 1. The number of nitrogens with one attached hydrogen (secondary N) is 1. The van der Waals surface area contributed by atoms with E-state index in [1.54, 1.807) is 0 Å². The van der Waals surface area contributed by atoms with E-state index in [0.29, 0.717) is 23.0 Å². The van der Waals surface area contributed by atoms with Crippen LogP contribution in [0.15, 0.2) is 51.2 Å². The SMILES string of the molecule is C[C@@]1(c2cccc(F)c2)C[C@]1(NS(=O)(=O)c1ccc(-c2cc(C(F)(F)F)on2)s1)C(=O)O. The van der Waals surface area contributed by atoms with Crippen LogP contribution in [-0.2, 0) is 26.4 Å². The largest absolute Gasteiger partial charge is 0.480 e. The molecule has 3 aromatic rings. The first-order valence-electron chi connectivity index (χ1n) is 8.96. The second kappa shape index (κ2) is 7.12. The van der Waals surface area contributed by atoms with Crippen molar-refractivity contribution in [2.75, 3.05) is 0 Å². The number of rotatable bonds is 6. The highest BCUT2D eigenvalue weighted by Gasteiger charge is 2.72. The molecule has 0 spiro atoms. The van der Waals surface area contributed by atoms with Gasteiger partial charge < -0.3 is 9.63 Å². The summed E-state index contributed by atoms with van der Waals surface area (Å²) in [4.78, 5) is 12.1. The second-order valence-corrected chi connectivity index (χ2v) is 10.5. The molecule has 2 N–H and O–H groups in total. The molecule has 1 fully saturated rings. The van der Waals surface area contributed by atoms with Gasteiger partial charge in [0.2, 0.25) is 5.76 Å². The molecule has 2 atom stereocenters. The van der Waals surface area contributed by atoms with Crippen LogP contribution in [0.1, 0.15) is 24.7 Å². The van der Waals surface area contributed by atoms with Crippen LogP contribution in [0.3, 0.4) is 0 Å². The minimum atomic E-state index is -4.75. The Bertz CT molecular complexity index is 1320. The fraction of sp³-hybridized carbons (Fsp3) is 0.263. The molecule has 170 valence electrons. The van der Waals surface area contributed by atoms with Crippen molar-refractivity contribution in [3.8, 4) is 10.6 Å². The normalized spacial score (nSPS) is 23.3. The summed E-state index contributed by atoms with van der Waals surface area (Å²) < 4.78 is 83.7. The van der Waals surface area contributed by atoms with Gasteiger partial charge in [-0.05, 0) is 36.2 Å². The lowest BCUT2D eigenvalue weighted by atomic mass is 9.93. The third kappa shape index (κ3) is 3.59. The van der Waals surface area contributed by atoms with Crippen LogP contribution in [0.2, 0.25) is 0 Å². The molecule has 1 aliphatic rings. The summed E-state index contributed by atoms with van der Waals surface area (Å²) in [6.07, 6.45) is -4.87. The van der Waals surface area contributed by atoms with Crippen molar-refractivity contribution in [1.29, 1.82) is 0 Å². The molecule has 1 aromatic carbocycles. The zero-order valence-electron chi connectivity index (χ0n) is 16.1. The van der Waals surface area contributed by atoms with Crippen molar-refractivity contribution >= 4 is 27.3 Å². The number of carboxylic acid groups (broad SMARTS) is 1. The zero-order valence-corrected chi connectivity index (χ0v) is 17.7. The third-order valence-electron chi connectivity index (χ3n) is 5.46. The summed E-state index contributed by atoms with van der Waals surface area (Å²) in [7, 11) is -4.39. The van der Waals surface area contributed by atoms with E-state index in [-0.39, 0.29) is 21.2 Å². The number of aliphatic carboxylic acids is 1. The predicted molar refractivity (Wildman–Crippen MR) is 104 cm³/mol. The maximum absolute atomic E-state index is 13.7. The molecule has 13 heteroatoms. The number of carboxylic acids is 1. The van der Waals surface area contributed by atoms with Gasteiger partial charge in [0.15, 0.2) is 0 Å². The van der Waals surface area contributed by atoms with Crippen LogP contribution in [0.5, 0.6) is 0 Å². The van der Waals surface area contributed by atoms with Gasteiger partial charge >= 0.3 is 12.1 Å². The van der Waals surface area contributed by atoms with E-state index in [9.17, 15) is 35.9 Å². The van der Waals surface area contributed by atoms with Crippen LogP contribution in [0, 0.1) is 5.82 Å². The Hall–Kier alpha value is -2.77. The highest BCUT2D eigenvalue weighted by atomic mass is 32.2. The minimum Gasteiger partial charge on any atom is -0.480 e. The van der Waals surface area contributed by atoms with E-state index >= 15 is 0 Å². The highest BCUT2D eigenvalue weighted by Crippen LogP contribution is 2.58. The van der Waals surface area contributed by atoms with E-state index in [2.05, 4.69) is 14.4 Å². The van der Waals surface area contributed by atoms with Gasteiger partial charge in [-0.15, -0.1) is 11.3 Å². The average Bonchev–Trinajstić information content (AvgIpc) is 3.12. The minimum absolute atomic E-state index is 0.0812. The van der Waals surface area contributed by atoms with Crippen molar-refractivity contribution < 1.29 is 40.4 Å². The molecule has 1 aliphatic carbocycles. The first kappa shape index (κ1) is 22.4. The summed E-state index contributed by atoms with van der Waals surface area (Å²) in [5, 5.41) is 13.1. The van der Waals surface area contributed by atoms with Gasteiger partial charge in [0.25, 0.3) is 10.0 Å². The van der Waals surface area contributed by atoms with Crippen molar-refractivity contribution in [2.24, 2.45) is 0 Å². The molecule has 32 heavy (non-hydrogen) atoms. The number of thiophene rings is 1. The standard InChI is InChI=1S/C19H14F4N2O5S2/c1-17(10-3-2-4-11(20)7-10)9-18(17,16(26)27)25-32(28,29)15-6-5-13(31-15)12-8-14(30-24-12)19(21,22)23/h2-8,25H,9H2,1H3,(H,26,27)/t17-,18-/m0/s1. The highest BCUT2D eigenvalue weighted by molar-refractivity contribution is 7.91. The number of alkyl halides is 3. The van der Waals surface area contributed by atoms with E-state index in [4.69, 9.17) is 0 Å². The lowest BCUT2D eigenvalue weighted by molar-refractivity contribution is -0.155. The molecule has 4 rings (SSSR count). The summed E-state index contributed by atoms with van der Waals surface area (Å²) in [6.45, 7) is 1.51. The van der Waals surface area contributed by atoms with Gasteiger partial charge in [0, 0.05) is 11.5 Å². The second-order valence-electron chi connectivity index (χ2n) is 7.53. The summed E-state index contributed by atoms with van der Waals surface area (Å²) in [5.41, 5.74) is -3.02. The van der Waals surface area contributed by atoms with E-state index in [1.165, 1.54) is 31.2 Å². The van der Waals surface area contributed by atoms with Crippen LogP contribution in [0.4, 0.5) is 17.6 Å². The lowest BCUT2D eigenvalue weighted by Crippen LogP contribution is -2.47.